The molecule has 10 heteroatoms. The number of hydrogen-bond acceptors (Lipinski definition) is 6. The van der Waals surface area contributed by atoms with Gasteiger partial charge >= 0.3 is 6.18 Å². The molecule has 2 aromatic carbocycles. The van der Waals surface area contributed by atoms with Crippen LogP contribution >= 0.6 is 0 Å². The lowest BCUT2D eigenvalue weighted by atomic mass is 10.0. The van der Waals surface area contributed by atoms with E-state index in [1.54, 1.807) is 6.33 Å². The van der Waals surface area contributed by atoms with E-state index in [2.05, 4.69) is 49.3 Å². The normalized spacial score (nSPS) is 16.4. The molecule has 34 heavy (non-hydrogen) atoms. The van der Waals surface area contributed by atoms with E-state index in [9.17, 15) is 13.2 Å². The molecule has 0 saturated heterocycles. The minimum Gasteiger partial charge on any atom is -0.378 e. The summed E-state index contributed by atoms with van der Waals surface area (Å²) in [7, 11) is 4.00. The second-order valence-electron chi connectivity index (χ2n) is 8.54. The summed E-state index contributed by atoms with van der Waals surface area (Å²) in [6.07, 6.45) is -2.13. The fraction of sp³-hybridized carbons (Fsp3) is 0.292. The molecular formula is C24H23F3N6O. The van der Waals surface area contributed by atoms with Crippen LogP contribution < -0.4 is 4.90 Å². The van der Waals surface area contributed by atoms with E-state index >= 15 is 0 Å². The number of anilines is 1. The molecule has 0 radical (unpaired) electrons. The lowest BCUT2D eigenvalue weighted by molar-refractivity contribution is -0.137. The highest BCUT2D eigenvalue weighted by atomic mass is 19.4. The van der Waals surface area contributed by atoms with E-state index in [0.29, 0.717) is 31.0 Å². The van der Waals surface area contributed by atoms with Gasteiger partial charge in [0.15, 0.2) is 0 Å². The van der Waals surface area contributed by atoms with Crippen molar-refractivity contribution in [3.63, 3.8) is 0 Å². The number of halogens is 3. The van der Waals surface area contributed by atoms with Crippen LogP contribution in [0.1, 0.15) is 34.4 Å². The van der Waals surface area contributed by atoms with Crippen molar-refractivity contribution in [2.45, 2.75) is 31.7 Å². The molecule has 1 atom stereocenters. The van der Waals surface area contributed by atoms with Crippen LogP contribution in [0.25, 0.3) is 11.4 Å². The fourth-order valence-corrected chi connectivity index (χ4v) is 4.13. The third-order valence-corrected chi connectivity index (χ3v) is 6.03. The van der Waals surface area contributed by atoms with Crippen LogP contribution in [0.5, 0.6) is 0 Å². The summed E-state index contributed by atoms with van der Waals surface area (Å²) in [6, 6.07) is 12.9. The smallest absolute Gasteiger partial charge is 0.378 e. The summed E-state index contributed by atoms with van der Waals surface area (Å²) in [5.74, 6) is 0.667. The van der Waals surface area contributed by atoms with Gasteiger partial charge in [0.1, 0.15) is 0 Å². The third-order valence-electron chi connectivity index (χ3n) is 6.03. The van der Waals surface area contributed by atoms with Gasteiger partial charge in [-0.25, -0.2) is 4.98 Å². The predicted molar refractivity (Wildman–Crippen MR) is 120 cm³/mol. The lowest BCUT2D eigenvalue weighted by Gasteiger charge is -2.32. The molecule has 1 N–H and O–H groups in total. The van der Waals surface area contributed by atoms with Gasteiger partial charge < -0.3 is 14.4 Å². The minimum atomic E-state index is -4.39. The van der Waals surface area contributed by atoms with Crippen LogP contribution in [0, 0.1) is 0 Å². The van der Waals surface area contributed by atoms with Crippen molar-refractivity contribution >= 4 is 5.69 Å². The van der Waals surface area contributed by atoms with Crippen molar-refractivity contribution in [1.82, 2.24) is 25.0 Å². The number of rotatable bonds is 5. The molecule has 0 unspecified atom stereocenters. The van der Waals surface area contributed by atoms with Crippen LogP contribution in [0.15, 0.2) is 59.4 Å². The molecule has 4 aromatic rings. The maximum Gasteiger partial charge on any atom is 0.416 e. The van der Waals surface area contributed by atoms with E-state index in [0.717, 1.165) is 34.8 Å². The number of H-pyrrole nitrogens is 1. The standard InChI is InChI=1S/C24H23F3N6O/c1-32(2)18-9-3-15(4-10-18)12-33-13-20-19(28-14-29-20)11-21(33)23-30-22(31-34-23)16-5-7-17(8-6-16)24(25,26)27/h3-10,14,21H,11-13H2,1-2H3,(H,28,29)/t21-/m0/s1. The van der Waals surface area contributed by atoms with Gasteiger partial charge in [0.05, 0.1) is 29.3 Å². The van der Waals surface area contributed by atoms with Gasteiger partial charge in [-0.2, -0.15) is 18.2 Å². The Morgan fingerprint density at radius 2 is 1.82 bits per heavy atom. The summed E-state index contributed by atoms with van der Waals surface area (Å²) in [6.45, 7) is 1.29. The lowest BCUT2D eigenvalue weighted by Crippen LogP contribution is -2.34. The number of hydrogen-bond donors (Lipinski definition) is 1. The average Bonchev–Trinajstić information content (AvgIpc) is 3.48. The van der Waals surface area contributed by atoms with Crippen molar-refractivity contribution < 1.29 is 17.7 Å². The number of aromatic nitrogens is 4. The molecule has 176 valence electrons. The Balaban J connectivity index is 1.41. The maximum absolute atomic E-state index is 12.9. The molecule has 0 fully saturated rings. The monoisotopic (exact) mass is 468 g/mol. The summed E-state index contributed by atoms with van der Waals surface area (Å²) in [4.78, 5) is 16.4. The van der Waals surface area contributed by atoms with Gasteiger partial charge in [-0.15, -0.1) is 0 Å². The number of nitrogens with one attached hydrogen (secondary N) is 1. The number of imidazole rings is 1. The highest BCUT2D eigenvalue weighted by Crippen LogP contribution is 2.34. The largest absolute Gasteiger partial charge is 0.416 e. The molecule has 7 nitrogen and oxygen atoms in total. The third kappa shape index (κ3) is 4.41. The van der Waals surface area contributed by atoms with E-state index in [-0.39, 0.29) is 11.9 Å². The number of fused-ring (bicyclic) bond motifs is 1. The molecule has 0 bridgehead atoms. The van der Waals surface area contributed by atoms with Crippen molar-refractivity contribution in [3.8, 4) is 11.4 Å². The zero-order chi connectivity index (χ0) is 23.9. The van der Waals surface area contributed by atoms with Gasteiger partial charge in [-0.1, -0.05) is 29.4 Å². The zero-order valence-corrected chi connectivity index (χ0v) is 18.7. The molecule has 0 saturated carbocycles. The maximum atomic E-state index is 12.9. The molecule has 1 aliphatic heterocycles. The van der Waals surface area contributed by atoms with Crippen molar-refractivity contribution in [2.75, 3.05) is 19.0 Å². The van der Waals surface area contributed by atoms with E-state index < -0.39 is 11.7 Å². The Bertz CT molecular complexity index is 1260. The summed E-state index contributed by atoms with van der Waals surface area (Å²) >= 11 is 0. The van der Waals surface area contributed by atoms with Crippen molar-refractivity contribution in [1.29, 1.82) is 0 Å². The van der Waals surface area contributed by atoms with Gasteiger partial charge in [0.25, 0.3) is 0 Å². The average molecular weight is 468 g/mol. The van der Waals surface area contributed by atoms with E-state index in [1.807, 2.05) is 19.0 Å². The Morgan fingerprint density at radius 3 is 2.50 bits per heavy atom. The van der Waals surface area contributed by atoms with Crippen molar-refractivity contribution in [3.05, 3.63) is 83.3 Å². The Morgan fingerprint density at radius 1 is 1.09 bits per heavy atom. The molecular weight excluding hydrogens is 445 g/mol. The number of alkyl halides is 3. The molecule has 0 aliphatic carbocycles. The number of nitrogens with zero attached hydrogens (tertiary/aromatic N) is 5. The van der Waals surface area contributed by atoms with Gasteiger partial charge in [0.2, 0.25) is 11.7 Å². The Labute approximate surface area is 194 Å². The fourth-order valence-electron chi connectivity index (χ4n) is 4.13. The van der Waals surface area contributed by atoms with Crippen LogP contribution in [0.2, 0.25) is 0 Å². The molecule has 5 rings (SSSR count). The van der Waals surface area contributed by atoms with Gasteiger partial charge in [-0.05, 0) is 29.8 Å². The molecule has 0 amide bonds. The number of aromatic amines is 1. The van der Waals surface area contributed by atoms with Crippen LogP contribution in [-0.4, -0.2) is 39.1 Å². The van der Waals surface area contributed by atoms with Crippen LogP contribution in [-0.2, 0) is 25.7 Å². The highest BCUT2D eigenvalue weighted by molar-refractivity contribution is 5.55. The van der Waals surface area contributed by atoms with Gasteiger partial charge in [0, 0.05) is 44.9 Å². The summed E-state index contributed by atoms with van der Waals surface area (Å²) in [5, 5.41) is 4.04. The Hall–Kier alpha value is -3.66. The first-order valence-corrected chi connectivity index (χ1v) is 10.8. The minimum absolute atomic E-state index is 0.208. The molecule has 3 heterocycles. The van der Waals surface area contributed by atoms with Gasteiger partial charge in [-0.3, -0.25) is 4.90 Å². The quantitative estimate of drug-likeness (QED) is 0.452. The first-order chi connectivity index (χ1) is 16.3. The van der Waals surface area contributed by atoms with E-state index in [1.165, 1.54) is 12.1 Å². The topological polar surface area (TPSA) is 74.1 Å². The second-order valence-corrected chi connectivity index (χ2v) is 8.54. The molecule has 1 aliphatic rings. The number of benzene rings is 2. The SMILES string of the molecule is CN(C)c1ccc(CN2Cc3[nH]cnc3C[C@H]2c2nc(-c3ccc(C(F)(F)F)cc3)no2)cc1. The van der Waals surface area contributed by atoms with E-state index in [4.69, 9.17) is 4.52 Å². The van der Waals surface area contributed by atoms with Crippen LogP contribution in [0.4, 0.5) is 18.9 Å². The zero-order valence-electron chi connectivity index (χ0n) is 18.7. The summed E-state index contributed by atoms with van der Waals surface area (Å²) < 4.78 is 44.2. The Kier molecular flexibility index (Phi) is 5.60. The van der Waals surface area contributed by atoms with Crippen LogP contribution in [0.3, 0.4) is 0 Å². The molecule has 2 aromatic heterocycles. The highest BCUT2D eigenvalue weighted by Gasteiger charge is 2.34. The predicted octanol–water partition coefficient (Wildman–Crippen LogP) is 4.84. The first-order valence-electron chi connectivity index (χ1n) is 10.8. The first kappa shape index (κ1) is 22.1. The second kappa shape index (κ2) is 8.60. The molecule has 0 spiro atoms. The van der Waals surface area contributed by atoms with Crippen molar-refractivity contribution in [2.24, 2.45) is 0 Å². The summed E-state index contributed by atoms with van der Waals surface area (Å²) in [5.41, 5.74) is 3.99.